The number of nitrogens with zero attached hydrogens (tertiary/aromatic N) is 2. The van der Waals surface area contributed by atoms with Crippen LogP contribution < -0.4 is 4.90 Å². The van der Waals surface area contributed by atoms with Gasteiger partial charge in [0.25, 0.3) is 0 Å². The molecule has 2 aromatic heterocycles. The van der Waals surface area contributed by atoms with Crippen molar-refractivity contribution in [3.05, 3.63) is 170 Å². The van der Waals surface area contributed by atoms with E-state index in [1.165, 1.54) is 5.56 Å². The van der Waals surface area contributed by atoms with E-state index in [0.717, 1.165) is 72.4 Å². The molecule has 4 nitrogen and oxygen atoms in total. The molecular formula is C43H28N2O2. The molecule has 0 aliphatic rings. The molecule has 9 rings (SSSR count). The van der Waals surface area contributed by atoms with Gasteiger partial charge in [0.2, 0.25) is 5.89 Å². The van der Waals surface area contributed by atoms with Crippen molar-refractivity contribution in [1.29, 1.82) is 0 Å². The van der Waals surface area contributed by atoms with Crippen molar-refractivity contribution in [2.75, 3.05) is 4.90 Å². The first-order valence-corrected chi connectivity index (χ1v) is 15.7. The van der Waals surface area contributed by atoms with E-state index in [1.54, 1.807) is 0 Å². The van der Waals surface area contributed by atoms with Gasteiger partial charge in [-0.25, -0.2) is 4.98 Å². The summed E-state index contributed by atoms with van der Waals surface area (Å²) in [4.78, 5) is 7.10. The van der Waals surface area contributed by atoms with E-state index >= 15 is 0 Å². The summed E-state index contributed by atoms with van der Waals surface area (Å²) in [6.45, 7) is 0. The van der Waals surface area contributed by atoms with Gasteiger partial charge in [-0.3, -0.25) is 0 Å². The summed E-state index contributed by atoms with van der Waals surface area (Å²) in [5, 5.41) is 1.90. The minimum atomic E-state index is 0.594. The Labute approximate surface area is 271 Å². The minimum absolute atomic E-state index is 0.594. The van der Waals surface area contributed by atoms with Crippen molar-refractivity contribution in [3.8, 4) is 33.7 Å². The summed E-state index contributed by atoms with van der Waals surface area (Å²) >= 11 is 0. The topological polar surface area (TPSA) is 42.4 Å². The SMILES string of the molecule is c1ccc(-c2ccc(N(c3cccc(-c4ccccc4)c3)c3cccc4c3oc3ccc5nc(-c6ccccc6)oc5c34)cc2)cc1. The largest absolute Gasteiger partial charge is 0.454 e. The normalized spacial score (nSPS) is 11.4. The third kappa shape index (κ3) is 4.75. The molecule has 4 heteroatoms. The first-order chi connectivity index (χ1) is 23.3. The number of benzene rings is 7. The molecule has 2 heterocycles. The standard InChI is InChI=1S/C43H28N2O2/c1-4-12-29(13-5-1)31-22-24-34(25-23-31)45(35-19-10-18-33(28-35)30-14-6-2-7-15-30)38-21-11-20-36-40-39(46-41(36)38)27-26-37-42(40)47-43(44-37)32-16-8-3-9-17-32/h1-28H. The molecule has 7 aromatic carbocycles. The van der Waals surface area contributed by atoms with Crippen molar-refractivity contribution in [2.45, 2.75) is 0 Å². The van der Waals surface area contributed by atoms with Crippen LogP contribution in [0.4, 0.5) is 17.1 Å². The minimum Gasteiger partial charge on any atom is -0.454 e. The predicted octanol–water partition coefficient (Wildman–Crippen LogP) is 12.2. The van der Waals surface area contributed by atoms with Gasteiger partial charge in [0.15, 0.2) is 11.2 Å². The van der Waals surface area contributed by atoms with Crippen LogP contribution >= 0.6 is 0 Å². The Hall–Kier alpha value is -6.39. The van der Waals surface area contributed by atoms with Gasteiger partial charge in [-0.1, -0.05) is 115 Å². The van der Waals surface area contributed by atoms with Gasteiger partial charge < -0.3 is 13.7 Å². The molecule has 0 fully saturated rings. The van der Waals surface area contributed by atoms with Gasteiger partial charge in [-0.15, -0.1) is 0 Å². The summed E-state index contributed by atoms with van der Waals surface area (Å²) in [5.74, 6) is 0.594. The average molecular weight is 605 g/mol. The average Bonchev–Trinajstić information content (AvgIpc) is 3.76. The van der Waals surface area contributed by atoms with E-state index < -0.39 is 0 Å². The number of anilines is 3. The number of aromatic nitrogens is 1. The Kier molecular flexibility index (Phi) is 6.43. The summed E-state index contributed by atoms with van der Waals surface area (Å²) in [6.07, 6.45) is 0. The second kappa shape index (κ2) is 11.2. The molecule has 0 N–H and O–H groups in total. The Morgan fingerprint density at radius 3 is 1.77 bits per heavy atom. The molecule has 0 amide bonds. The molecule has 0 aliphatic carbocycles. The Morgan fingerprint density at radius 1 is 0.426 bits per heavy atom. The van der Waals surface area contributed by atoms with Gasteiger partial charge in [0.1, 0.15) is 11.1 Å². The van der Waals surface area contributed by atoms with Crippen molar-refractivity contribution >= 4 is 50.1 Å². The van der Waals surface area contributed by atoms with Crippen LogP contribution in [0, 0.1) is 0 Å². The van der Waals surface area contributed by atoms with Crippen molar-refractivity contribution in [2.24, 2.45) is 0 Å². The molecule has 0 bridgehead atoms. The smallest absolute Gasteiger partial charge is 0.227 e. The Bertz CT molecular complexity index is 2500. The van der Waals surface area contributed by atoms with E-state index in [4.69, 9.17) is 13.8 Å². The van der Waals surface area contributed by atoms with E-state index in [1.807, 2.05) is 54.6 Å². The maximum absolute atomic E-state index is 6.71. The summed E-state index contributed by atoms with van der Waals surface area (Å²) in [5.41, 5.74) is 11.6. The first-order valence-electron chi connectivity index (χ1n) is 15.7. The van der Waals surface area contributed by atoms with Gasteiger partial charge in [0, 0.05) is 22.3 Å². The zero-order valence-corrected chi connectivity index (χ0v) is 25.4. The molecule has 0 saturated carbocycles. The molecule has 222 valence electrons. The number of rotatable bonds is 6. The van der Waals surface area contributed by atoms with E-state index in [9.17, 15) is 0 Å². The molecule has 9 aromatic rings. The van der Waals surface area contributed by atoms with Crippen LogP contribution in [0.2, 0.25) is 0 Å². The fraction of sp³-hybridized carbons (Fsp3) is 0. The maximum atomic E-state index is 6.71. The van der Waals surface area contributed by atoms with Gasteiger partial charge in [-0.2, -0.15) is 0 Å². The zero-order chi connectivity index (χ0) is 31.2. The third-order valence-electron chi connectivity index (χ3n) is 8.70. The second-order valence-electron chi connectivity index (χ2n) is 11.6. The third-order valence-corrected chi connectivity index (χ3v) is 8.70. The summed E-state index contributed by atoms with van der Waals surface area (Å²) in [7, 11) is 0. The van der Waals surface area contributed by atoms with Crippen LogP contribution in [0.25, 0.3) is 66.7 Å². The van der Waals surface area contributed by atoms with Crippen molar-refractivity contribution < 1.29 is 8.83 Å². The number of hydrogen-bond donors (Lipinski definition) is 0. The van der Waals surface area contributed by atoms with Gasteiger partial charge >= 0.3 is 0 Å². The molecular weight excluding hydrogens is 576 g/mol. The quantitative estimate of drug-likeness (QED) is 0.189. The molecule has 0 aliphatic heterocycles. The van der Waals surface area contributed by atoms with Crippen LogP contribution in [0.3, 0.4) is 0 Å². The number of furan rings is 1. The fourth-order valence-electron chi connectivity index (χ4n) is 6.45. The maximum Gasteiger partial charge on any atom is 0.227 e. The highest BCUT2D eigenvalue weighted by atomic mass is 16.4. The first kappa shape index (κ1) is 27.0. The van der Waals surface area contributed by atoms with Crippen LogP contribution in [0.15, 0.2) is 179 Å². The lowest BCUT2D eigenvalue weighted by Gasteiger charge is -2.26. The lowest BCUT2D eigenvalue weighted by atomic mass is 10.0. The molecule has 47 heavy (non-hydrogen) atoms. The van der Waals surface area contributed by atoms with E-state index in [-0.39, 0.29) is 0 Å². The highest BCUT2D eigenvalue weighted by molar-refractivity contribution is 6.19. The van der Waals surface area contributed by atoms with Gasteiger partial charge in [0.05, 0.1) is 11.1 Å². The number of fused-ring (bicyclic) bond motifs is 5. The second-order valence-corrected chi connectivity index (χ2v) is 11.6. The molecule has 0 radical (unpaired) electrons. The fourth-order valence-corrected chi connectivity index (χ4v) is 6.45. The predicted molar refractivity (Wildman–Crippen MR) is 192 cm³/mol. The molecule has 0 atom stereocenters. The Morgan fingerprint density at radius 2 is 1.04 bits per heavy atom. The number of para-hydroxylation sites is 1. The van der Waals surface area contributed by atoms with E-state index in [2.05, 4.69) is 120 Å². The molecule has 0 saturated heterocycles. The van der Waals surface area contributed by atoms with Crippen LogP contribution in [-0.2, 0) is 0 Å². The van der Waals surface area contributed by atoms with E-state index in [0.29, 0.717) is 5.89 Å². The summed E-state index contributed by atoms with van der Waals surface area (Å²) < 4.78 is 13.1. The monoisotopic (exact) mass is 604 g/mol. The van der Waals surface area contributed by atoms with Crippen LogP contribution in [0.1, 0.15) is 0 Å². The number of hydrogen-bond acceptors (Lipinski definition) is 4. The van der Waals surface area contributed by atoms with Crippen LogP contribution in [-0.4, -0.2) is 4.98 Å². The number of oxazole rings is 1. The van der Waals surface area contributed by atoms with Crippen LogP contribution in [0.5, 0.6) is 0 Å². The Balaban J connectivity index is 1.25. The molecule has 0 spiro atoms. The summed E-state index contributed by atoms with van der Waals surface area (Å²) in [6, 6.07) is 58.6. The molecule has 0 unspecified atom stereocenters. The van der Waals surface area contributed by atoms with Crippen molar-refractivity contribution in [3.63, 3.8) is 0 Å². The highest BCUT2D eigenvalue weighted by Crippen LogP contribution is 2.45. The lowest BCUT2D eigenvalue weighted by Crippen LogP contribution is -2.10. The van der Waals surface area contributed by atoms with Gasteiger partial charge in [-0.05, 0) is 76.9 Å². The zero-order valence-electron chi connectivity index (χ0n) is 25.4. The highest BCUT2D eigenvalue weighted by Gasteiger charge is 2.22. The lowest BCUT2D eigenvalue weighted by molar-refractivity contribution is 0.622. The van der Waals surface area contributed by atoms with Crippen molar-refractivity contribution in [1.82, 2.24) is 4.98 Å².